The first-order valence-electron chi connectivity index (χ1n) is 9.41. The maximum atomic E-state index is 12.4. The number of thioether (sulfide) groups is 1. The molecule has 0 radical (unpaired) electrons. The van der Waals surface area contributed by atoms with Crippen molar-refractivity contribution < 1.29 is 9.59 Å². The predicted molar refractivity (Wildman–Crippen MR) is 115 cm³/mol. The molecule has 0 atom stereocenters. The normalized spacial score (nSPS) is 14.9. The van der Waals surface area contributed by atoms with Gasteiger partial charge in [-0.25, -0.2) is 0 Å². The molecular weight excluding hydrogens is 382 g/mol. The van der Waals surface area contributed by atoms with Gasteiger partial charge in [0.25, 0.3) is 5.91 Å². The number of carbonyl (C=O) groups excluding carboxylic acids is 2. The van der Waals surface area contributed by atoms with Crippen LogP contribution in [0.2, 0.25) is 0 Å². The number of nitrogens with one attached hydrogen (secondary N) is 2. The van der Waals surface area contributed by atoms with Gasteiger partial charge in [0, 0.05) is 23.5 Å². The summed E-state index contributed by atoms with van der Waals surface area (Å²) in [6.45, 7) is 4.90. The van der Waals surface area contributed by atoms with Crippen molar-refractivity contribution in [1.29, 1.82) is 0 Å². The molecule has 0 saturated heterocycles. The second-order valence-corrected chi connectivity index (χ2v) is 8.78. The fourth-order valence-corrected chi connectivity index (χ4v) is 3.91. The molecule has 152 valence electrons. The Bertz CT molecular complexity index is 613. The maximum absolute atomic E-state index is 12.4. The van der Waals surface area contributed by atoms with E-state index in [0.717, 1.165) is 11.4 Å². The van der Waals surface area contributed by atoms with Gasteiger partial charge in [-0.2, -0.15) is 0 Å². The summed E-state index contributed by atoms with van der Waals surface area (Å²) in [6, 6.07) is 7.37. The molecule has 0 unspecified atom stereocenters. The average molecular weight is 414 g/mol. The second-order valence-electron chi connectivity index (χ2n) is 7.76. The molecule has 2 amide bonds. The van der Waals surface area contributed by atoms with E-state index in [2.05, 4.69) is 10.6 Å². The Hall–Kier alpha value is -1.24. The lowest BCUT2D eigenvalue weighted by Gasteiger charge is -2.21. The van der Waals surface area contributed by atoms with Crippen LogP contribution in [0.3, 0.4) is 0 Å². The van der Waals surface area contributed by atoms with E-state index in [-0.39, 0.29) is 24.2 Å². The molecule has 2 rings (SSSR count). The third-order valence-corrected chi connectivity index (χ3v) is 5.58. The molecule has 1 fully saturated rings. The second kappa shape index (κ2) is 11.6. The summed E-state index contributed by atoms with van der Waals surface area (Å²) in [5, 5.41) is 5.90. The largest absolute Gasteiger partial charge is 0.355 e. The van der Waals surface area contributed by atoms with Gasteiger partial charge in [-0.15, -0.1) is 24.2 Å². The minimum Gasteiger partial charge on any atom is -0.355 e. The van der Waals surface area contributed by atoms with Crippen molar-refractivity contribution in [2.75, 3.05) is 18.8 Å². The third-order valence-electron chi connectivity index (χ3n) is 4.51. The van der Waals surface area contributed by atoms with Crippen molar-refractivity contribution in [1.82, 2.24) is 10.6 Å². The number of rotatable bonds is 8. The summed E-state index contributed by atoms with van der Waals surface area (Å²) in [5.74, 6) is 0.808. The first-order chi connectivity index (χ1) is 12.3. The molecule has 4 N–H and O–H groups in total. The summed E-state index contributed by atoms with van der Waals surface area (Å²) >= 11 is 1.40. The fraction of sp³-hybridized carbons (Fsp3) is 0.600. The average Bonchev–Trinajstić information content (AvgIpc) is 2.63. The third kappa shape index (κ3) is 9.00. The summed E-state index contributed by atoms with van der Waals surface area (Å²) in [6.07, 6.45) is 6.30. The maximum Gasteiger partial charge on any atom is 0.252 e. The molecule has 1 aliphatic carbocycles. The lowest BCUT2D eigenvalue weighted by molar-refractivity contribution is -0.118. The van der Waals surface area contributed by atoms with Gasteiger partial charge in [0.1, 0.15) is 0 Å². The van der Waals surface area contributed by atoms with Crippen molar-refractivity contribution in [2.24, 2.45) is 11.7 Å². The molecule has 1 aromatic rings. The molecule has 0 aromatic heterocycles. The van der Waals surface area contributed by atoms with Gasteiger partial charge in [-0.3, -0.25) is 9.59 Å². The minimum absolute atomic E-state index is 0. The van der Waals surface area contributed by atoms with Gasteiger partial charge in [0.2, 0.25) is 5.91 Å². The number of halogens is 1. The van der Waals surface area contributed by atoms with Crippen LogP contribution in [0, 0.1) is 5.92 Å². The lowest BCUT2D eigenvalue weighted by atomic mass is 9.89. The zero-order valence-corrected chi connectivity index (χ0v) is 17.9. The van der Waals surface area contributed by atoms with Gasteiger partial charge >= 0.3 is 0 Å². The van der Waals surface area contributed by atoms with E-state index in [4.69, 9.17) is 5.73 Å². The molecular formula is C20H32ClN3O2S. The lowest BCUT2D eigenvalue weighted by Crippen LogP contribution is -2.45. The van der Waals surface area contributed by atoms with Crippen LogP contribution >= 0.6 is 24.2 Å². The van der Waals surface area contributed by atoms with Crippen LogP contribution in [0.25, 0.3) is 0 Å². The molecule has 1 aliphatic rings. The van der Waals surface area contributed by atoms with E-state index in [1.807, 2.05) is 32.0 Å². The number of benzene rings is 1. The predicted octanol–water partition coefficient (Wildman–Crippen LogP) is 3.36. The van der Waals surface area contributed by atoms with Crippen molar-refractivity contribution in [3.8, 4) is 0 Å². The molecule has 1 saturated carbocycles. The molecule has 0 heterocycles. The first kappa shape index (κ1) is 23.8. The van der Waals surface area contributed by atoms with Crippen LogP contribution in [0.5, 0.6) is 0 Å². The SMILES string of the molecule is CC(C)(N)CNC(=O)c1ccccc1SCC(=O)NCC1CCCCC1.Cl. The zero-order chi connectivity index (χ0) is 19.0. The van der Waals surface area contributed by atoms with Crippen LogP contribution in [0.15, 0.2) is 29.2 Å². The van der Waals surface area contributed by atoms with Gasteiger partial charge < -0.3 is 16.4 Å². The molecule has 0 spiro atoms. The van der Waals surface area contributed by atoms with Gasteiger partial charge in [-0.1, -0.05) is 31.4 Å². The van der Waals surface area contributed by atoms with E-state index < -0.39 is 5.54 Å². The van der Waals surface area contributed by atoms with Gasteiger partial charge in [-0.05, 0) is 44.7 Å². The van der Waals surface area contributed by atoms with E-state index in [9.17, 15) is 9.59 Å². The topological polar surface area (TPSA) is 84.2 Å². The van der Waals surface area contributed by atoms with E-state index in [1.54, 1.807) is 6.07 Å². The Kier molecular flexibility index (Phi) is 10.2. The number of hydrogen-bond donors (Lipinski definition) is 3. The highest BCUT2D eigenvalue weighted by molar-refractivity contribution is 8.00. The summed E-state index contributed by atoms with van der Waals surface area (Å²) in [7, 11) is 0. The molecule has 0 bridgehead atoms. The summed E-state index contributed by atoms with van der Waals surface area (Å²) in [4.78, 5) is 25.4. The smallest absolute Gasteiger partial charge is 0.252 e. The van der Waals surface area contributed by atoms with Gasteiger partial charge in [0.05, 0.1) is 11.3 Å². The van der Waals surface area contributed by atoms with Crippen molar-refractivity contribution in [2.45, 2.75) is 56.4 Å². The standard InChI is InChI=1S/C20H31N3O2S.ClH/c1-20(2,21)14-23-19(25)16-10-6-7-11-17(16)26-13-18(24)22-12-15-8-4-3-5-9-15;/h6-7,10-11,15H,3-5,8-9,12-14,21H2,1-2H3,(H,22,24)(H,23,25);1H. The summed E-state index contributed by atoms with van der Waals surface area (Å²) in [5.41, 5.74) is 6.04. The van der Waals surface area contributed by atoms with E-state index in [0.29, 0.717) is 23.8 Å². The first-order valence-corrected chi connectivity index (χ1v) is 10.4. The highest BCUT2D eigenvalue weighted by atomic mass is 35.5. The number of carbonyl (C=O) groups is 2. The van der Waals surface area contributed by atoms with Crippen LogP contribution in [-0.2, 0) is 4.79 Å². The quantitative estimate of drug-likeness (QED) is 0.570. The highest BCUT2D eigenvalue weighted by Crippen LogP contribution is 2.24. The van der Waals surface area contributed by atoms with Crippen molar-refractivity contribution >= 4 is 36.0 Å². The Balaban J connectivity index is 0.00000364. The Morgan fingerprint density at radius 3 is 2.48 bits per heavy atom. The monoisotopic (exact) mass is 413 g/mol. The Morgan fingerprint density at radius 2 is 1.81 bits per heavy atom. The van der Waals surface area contributed by atoms with Crippen LogP contribution in [0.4, 0.5) is 0 Å². The van der Waals surface area contributed by atoms with Crippen molar-refractivity contribution in [3.63, 3.8) is 0 Å². The van der Waals surface area contributed by atoms with Crippen LogP contribution < -0.4 is 16.4 Å². The molecule has 7 heteroatoms. The minimum atomic E-state index is -0.462. The fourth-order valence-electron chi connectivity index (χ4n) is 3.03. The highest BCUT2D eigenvalue weighted by Gasteiger charge is 2.17. The Labute approximate surface area is 173 Å². The van der Waals surface area contributed by atoms with Crippen molar-refractivity contribution in [3.05, 3.63) is 29.8 Å². The van der Waals surface area contributed by atoms with Gasteiger partial charge in [0.15, 0.2) is 0 Å². The number of hydrogen-bond acceptors (Lipinski definition) is 4. The molecule has 5 nitrogen and oxygen atoms in total. The number of nitrogens with two attached hydrogens (primary N) is 1. The zero-order valence-electron chi connectivity index (χ0n) is 16.3. The van der Waals surface area contributed by atoms with E-state index >= 15 is 0 Å². The van der Waals surface area contributed by atoms with Crippen LogP contribution in [0.1, 0.15) is 56.3 Å². The van der Waals surface area contributed by atoms with Crippen LogP contribution in [-0.4, -0.2) is 36.2 Å². The Morgan fingerprint density at radius 1 is 1.15 bits per heavy atom. The molecule has 1 aromatic carbocycles. The molecule has 27 heavy (non-hydrogen) atoms. The van der Waals surface area contributed by atoms with E-state index in [1.165, 1.54) is 43.9 Å². The number of amides is 2. The summed E-state index contributed by atoms with van der Waals surface area (Å²) < 4.78 is 0. The molecule has 0 aliphatic heterocycles.